The second-order valence-electron chi connectivity index (χ2n) is 9.34. The topological polar surface area (TPSA) is 69.2 Å². The number of alkyl carbamates (subject to hydrolysis) is 1. The van der Waals surface area contributed by atoms with Gasteiger partial charge in [0.25, 0.3) is 0 Å². The molecule has 2 aliphatic rings. The van der Waals surface area contributed by atoms with Crippen LogP contribution < -0.4 is 10.6 Å². The lowest BCUT2D eigenvalue weighted by atomic mass is 9.99. The van der Waals surface area contributed by atoms with Gasteiger partial charge in [-0.05, 0) is 51.7 Å². The first kappa shape index (κ1) is 22.4. The van der Waals surface area contributed by atoms with Crippen LogP contribution in [0, 0.1) is 0 Å². The molecule has 7 heteroatoms. The Kier molecular flexibility index (Phi) is 7.23. The third-order valence-corrected chi connectivity index (χ3v) is 5.76. The van der Waals surface area contributed by atoms with Crippen molar-refractivity contribution in [3.8, 4) is 0 Å². The van der Waals surface area contributed by atoms with Gasteiger partial charge in [-0.1, -0.05) is 24.3 Å². The van der Waals surface area contributed by atoms with Crippen LogP contribution in [0.4, 0.5) is 4.79 Å². The number of amides is 1. The summed E-state index contributed by atoms with van der Waals surface area (Å²) >= 11 is 0. The van der Waals surface area contributed by atoms with Gasteiger partial charge in [-0.15, -0.1) is 0 Å². The number of fused-ring (bicyclic) bond motifs is 1. The fraction of sp³-hybridized carbons (Fsp3) is 0.652. The highest BCUT2D eigenvalue weighted by Crippen LogP contribution is 2.20. The first-order valence-corrected chi connectivity index (χ1v) is 11.0. The van der Waals surface area contributed by atoms with Crippen molar-refractivity contribution in [3.63, 3.8) is 0 Å². The first-order chi connectivity index (χ1) is 14.2. The molecule has 0 aromatic heterocycles. The average Bonchev–Trinajstić information content (AvgIpc) is 3.14. The second-order valence-corrected chi connectivity index (χ2v) is 9.34. The van der Waals surface area contributed by atoms with Gasteiger partial charge in [0.1, 0.15) is 5.60 Å². The standard InChI is InChI=1S/C23H37N5O2/c1-17(27-12-10-18-8-6-7-9-19(18)15-27)14-25-21(24-5)28-13-11-20(16-28)26-22(29)30-23(2,3)4/h6-9,17,20H,10-16H2,1-5H3,(H,24,25)(H,26,29). The number of hydrogen-bond acceptors (Lipinski definition) is 4. The predicted molar refractivity (Wildman–Crippen MR) is 121 cm³/mol. The molecule has 1 saturated heterocycles. The quantitative estimate of drug-likeness (QED) is 0.584. The van der Waals surface area contributed by atoms with E-state index in [1.807, 2.05) is 27.8 Å². The SMILES string of the molecule is CN=C(NCC(C)N1CCc2ccccc2C1)N1CCC(NC(=O)OC(C)(C)C)C1. The van der Waals surface area contributed by atoms with Crippen LogP contribution >= 0.6 is 0 Å². The molecule has 1 amide bonds. The Bertz CT molecular complexity index is 758. The van der Waals surface area contributed by atoms with Gasteiger partial charge in [-0.25, -0.2) is 4.79 Å². The highest BCUT2D eigenvalue weighted by atomic mass is 16.6. The third kappa shape index (κ3) is 6.11. The van der Waals surface area contributed by atoms with Crippen molar-refractivity contribution in [2.45, 2.75) is 64.8 Å². The Morgan fingerprint density at radius 2 is 2.00 bits per heavy atom. The molecule has 3 rings (SSSR count). The van der Waals surface area contributed by atoms with E-state index in [4.69, 9.17) is 4.74 Å². The largest absolute Gasteiger partial charge is 0.444 e. The van der Waals surface area contributed by atoms with Crippen molar-refractivity contribution in [2.24, 2.45) is 4.99 Å². The van der Waals surface area contributed by atoms with Crippen molar-refractivity contribution in [3.05, 3.63) is 35.4 Å². The van der Waals surface area contributed by atoms with Gasteiger partial charge < -0.3 is 20.3 Å². The Balaban J connectivity index is 1.45. The van der Waals surface area contributed by atoms with E-state index in [0.29, 0.717) is 6.04 Å². The maximum Gasteiger partial charge on any atom is 0.407 e. The number of nitrogens with one attached hydrogen (secondary N) is 2. The van der Waals surface area contributed by atoms with Gasteiger partial charge in [0.2, 0.25) is 0 Å². The van der Waals surface area contributed by atoms with Crippen LogP contribution in [0.5, 0.6) is 0 Å². The summed E-state index contributed by atoms with van der Waals surface area (Å²) in [5.41, 5.74) is 2.44. The number of aliphatic imine (C=N–C) groups is 1. The molecule has 2 aliphatic heterocycles. The van der Waals surface area contributed by atoms with Gasteiger partial charge in [0, 0.05) is 45.8 Å². The normalized spacial score (nSPS) is 21.2. The molecule has 30 heavy (non-hydrogen) atoms. The molecular weight excluding hydrogens is 378 g/mol. The molecule has 0 radical (unpaired) electrons. The lowest BCUT2D eigenvalue weighted by Crippen LogP contribution is -2.49. The van der Waals surface area contributed by atoms with Crippen LogP contribution in [0.2, 0.25) is 0 Å². The fourth-order valence-corrected chi connectivity index (χ4v) is 4.14. The Morgan fingerprint density at radius 3 is 2.70 bits per heavy atom. The van der Waals surface area contributed by atoms with E-state index in [-0.39, 0.29) is 12.1 Å². The van der Waals surface area contributed by atoms with E-state index in [1.54, 1.807) is 0 Å². The van der Waals surface area contributed by atoms with Gasteiger partial charge in [-0.2, -0.15) is 0 Å². The van der Waals surface area contributed by atoms with Crippen molar-refractivity contribution < 1.29 is 9.53 Å². The zero-order chi connectivity index (χ0) is 21.7. The number of carbonyl (C=O) groups is 1. The van der Waals surface area contributed by atoms with Gasteiger partial charge in [0.05, 0.1) is 6.04 Å². The smallest absolute Gasteiger partial charge is 0.407 e. The predicted octanol–water partition coefficient (Wildman–Crippen LogP) is 2.61. The van der Waals surface area contributed by atoms with E-state index in [2.05, 4.69) is 56.6 Å². The molecule has 0 spiro atoms. The monoisotopic (exact) mass is 415 g/mol. The number of ether oxygens (including phenoxy) is 1. The van der Waals surface area contributed by atoms with Gasteiger partial charge in [-0.3, -0.25) is 9.89 Å². The van der Waals surface area contributed by atoms with Crippen LogP contribution in [0.1, 0.15) is 45.2 Å². The summed E-state index contributed by atoms with van der Waals surface area (Å²) < 4.78 is 5.37. The molecule has 166 valence electrons. The minimum Gasteiger partial charge on any atom is -0.444 e. The van der Waals surface area contributed by atoms with Gasteiger partial charge in [0.15, 0.2) is 5.96 Å². The minimum absolute atomic E-state index is 0.0782. The van der Waals surface area contributed by atoms with E-state index < -0.39 is 5.60 Å². The summed E-state index contributed by atoms with van der Waals surface area (Å²) in [4.78, 5) is 21.2. The zero-order valence-corrected chi connectivity index (χ0v) is 19.1. The van der Waals surface area contributed by atoms with Gasteiger partial charge >= 0.3 is 6.09 Å². The molecule has 0 saturated carbocycles. The molecule has 2 atom stereocenters. The summed E-state index contributed by atoms with van der Waals surface area (Å²) in [6.45, 7) is 12.4. The van der Waals surface area contributed by atoms with Crippen molar-refractivity contribution >= 4 is 12.1 Å². The Hall–Kier alpha value is -2.28. The maximum absolute atomic E-state index is 12.0. The van der Waals surface area contributed by atoms with Crippen LogP contribution in [0.25, 0.3) is 0 Å². The molecule has 2 N–H and O–H groups in total. The average molecular weight is 416 g/mol. The van der Waals surface area contributed by atoms with Crippen molar-refractivity contribution in [2.75, 3.05) is 33.2 Å². The number of likely N-dealkylation sites (tertiary alicyclic amines) is 1. The van der Waals surface area contributed by atoms with Crippen LogP contribution in [-0.4, -0.2) is 72.8 Å². The number of benzene rings is 1. The summed E-state index contributed by atoms with van der Waals surface area (Å²) in [5.74, 6) is 0.896. The lowest BCUT2D eigenvalue weighted by Gasteiger charge is -2.34. The van der Waals surface area contributed by atoms with E-state index in [9.17, 15) is 4.79 Å². The Labute approximate surface area is 180 Å². The highest BCUT2D eigenvalue weighted by Gasteiger charge is 2.28. The molecular formula is C23H37N5O2. The molecule has 1 fully saturated rings. The molecule has 0 aliphatic carbocycles. The van der Waals surface area contributed by atoms with Crippen molar-refractivity contribution in [1.82, 2.24) is 20.4 Å². The molecule has 7 nitrogen and oxygen atoms in total. The molecule has 1 aromatic carbocycles. The first-order valence-electron chi connectivity index (χ1n) is 11.0. The third-order valence-electron chi connectivity index (χ3n) is 5.76. The summed E-state index contributed by atoms with van der Waals surface area (Å²) in [7, 11) is 1.82. The van der Waals surface area contributed by atoms with Crippen LogP contribution in [0.15, 0.2) is 29.3 Å². The number of hydrogen-bond donors (Lipinski definition) is 2. The molecule has 2 unspecified atom stereocenters. The number of rotatable bonds is 4. The van der Waals surface area contributed by atoms with E-state index >= 15 is 0 Å². The molecule has 1 aromatic rings. The summed E-state index contributed by atoms with van der Waals surface area (Å²) in [5, 5.41) is 6.51. The van der Waals surface area contributed by atoms with Crippen LogP contribution in [0.3, 0.4) is 0 Å². The van der Waals surface area contributed by atoms with Crippen molar-refractivity contribution in [1.29, 1.82) is 0 Å². The number of nitrogens with zero attached hydrogens (tertiary/aromatic N) is 3. The zero-order valence-electron chi connectivity index (χ0n) is 19.1. The number of carbonyl (C=O) groups excluding carboxylic acids is 1. The summed E-state index contributed by atoms with van der Waals surface area (Å²) in [6.07, 6.45) is 1.65. The van der Waals surface area contributed by atoms with E-state index in [1.165, 1.54) is 11.1 Å². The fourth-order valence-electron chi connectivity index (χ4n) is 4.14. The number of guanidine groups is 1. The highest BCUT2D eigenvalue weighted by molar-refractivity contribution is 5.80. The lowest BCUT2D eigenvalue weighted by molar-refractivity contribution is 0.0507. The second kappa shape index (κ2) is 9.69. The van der Waals surface area contributed by atoms with Crippen LogP contribution in [-0.2, 0) is 17.7 Å². The Morgan fingerprint density at radius 1 is 1.27 bits per heavy atom. The minimum atomic E-state index is -0.481. The molecule has 2 heterocycles. The molecule has 0 bridgehead atoms. The van der Waals surface area contributed by atoms with E-state index in [0.717, 1.165) is 51.5 Å². The maximum atomic E-state index is 12.0. The summed E-state index contributed by atoms with van der Waals surface area (Å²) in [6, 6.07) is 9.23.